The van der Waals surface area contributed by atoms with Gasteiger partial charge in [-0.05, 0) is 30.3 Å². The summed E-state index contributed by atoms with van der Waals surface area (Å²) in [5.74, 6) is 0.0222. The fourth-order valence-electron chi connectivity index (χ4n) is 2.57. The zero-order valence-corrected chi connectivity index (χ0v) is 16.1. The highest BCUT2D eigenvalue weighted by Crippen LogP contribution is 2.23. The number of hydrazine groups is 1. The number of aromatic nitrogens is 3. The molecule has 28 heavy (non-hydrogen) atoms. The van der Waals surface area contributed by atoms with Crippen LogP contribution in [0.5, 0.6) is 0 Å². The van der Waals surface area contributed by atoms with Gasteiger partial charge in [-0.3, -0.25) is 15.2 Å². The van der Waals surface area contributed by atoms with E-state index in [9.17, 15) is 4.79 Å². The summed E-state index contributed by atoms with van der Waals surface area (Å²) in [4.78, 5) is 25.9. The first-order valence-electron chi connectivity index (χ1n) is 8.83. The van der Waals surface area contributed by atoms with E-state index < -0.39 is 0 Å². The lowest BCUT2D eigenvalue weighted by atomic mass is 10.1. The Kier molecular flexibility index (Phi) is 6.65. The summed E-state index contributed by atoms with van der Waals surface area (Å²) in [6, 6.07) is 12.5. The van der Waals surface area contributed by atoms with Crippen molar-refractivity contribution in [2.75, 3.05) is 19.7 Å². The third-order valence-corrected chi connectivity index (χ3v) is 4.28. The number of aliphatic hydroxyl groups excluding tert-OH is 1. The van der Waals surface area contributed by atoms with Gasteiger partial charge < -0.3 is 5.11 Å². The molecule has 8 heteroatoms. The lowest BCUT2D eigenvalue weighted by molar-refractivity contribution is 0.0757. The van der Waals surface area contributed by atoms with E-state index in [0.717, 1.165) is 5.56 Å². The van der Waals surface area contributed by atoms with Crippen molar-refractivity contribution in [1.82, 2.24) is 25.4 Å². The van der Waals surface area contributed by atoms with E-state index in [4.69, 9.17) is 16.7 Å². The molecule has 0 aliphatic carbocycles. The van der Waals surface area contributed by atoms with Crippen molar-refractivity contribution in [3.05, 3.63) is 65.6 Å². The van der Waals surface area contributed by atoms with Gasteiger partial charge in [0.05, 0.1) is 12.3 Å². The molecule has 0 spiro atoms. The summed E-state index contributed by atoms with van der Waals surface area (Å²) in [6.07, 6.45) is 3.31. The van der Waals surface area contributed by atoms with Crippen LogP contribution in [0.4, 0.5) is 0 Å². The minimum atomic E-state index is -0.377. The predicted octanol–water partition coefficient (Wildman–Crippen LogP) is 2.82. The molecule has 0 aliphatic heterocycles. The predicted molar refractivity (Wildman–Crippen MR) is 108 cm³/mol. The maximum Gasteiger partial charge on any atom is 0.284 e. The van der Waals surface area contributed by atoms with Gasteiger partial charge in [-0.25, -0.2) is 15.0 Å². The van der Waals surface area contributed by atoms with Gasteiger partial charge in [0.1, 0.15) is 5.69 Å². The summed E-state index contributed by atoms with van der Waals surface area (Å²) >= 11 is 5.98. The van der Waals surface area contributed by atoms with Gasteiger partial charge in [-0.1, -0.05) is 30.7 Å². The van der Waals surface area contributed by atoms with Gasteiger partial charge in [0.25, 0.3) is 5.91 Å². The quantitative estimate of drug-likeness (QED) is 0.596. The minimum Gasteiger partial charge on any atom is -0.395 e. The average Bonchev–Trinajstić information content (AvgIpc) is 2.74. The van der Waals surface area contributed by atoms with Crippen LogP contribution < -0.4 is 5.43 Å². The Morgan fingerprint density at radius 1 is 1.18 bits per heavy atom. The molecule has 3 rings (SSSR count). The molecule has 0 unspecified atom stereocenters. The largest absolute Gasteiger partial charge is 0.395 e. The molecule has 144 valence electrons. The van der Waals surface area contributed by atoms with E-state index in [0.29, 0.717) is 35.2 Å². The zero-order chi connectivity index (χ0) is 19.9. The van der Waals surface area contributed by atoms with Crippen LogP contribution in [-0.4, -0.2) is 50.7 Å². The van der Waals surface area contributed by atoms with Crippen LogP contribution in [-0.2, 0) is 0 Å². The van der Waals surface area contributed by atoms with E-state index in [-0.39, 0.29) is 18.2 Å². The van der Waals surface area contributed by atoms with Crippen molar-refractivity contribution < 1.29 is 9.90 Å². The molecule has 0 radical (unpaired) electrons. The van der Waals surface area contributed by atoms with Gasteiger partial charge in [0, 0.05) is 41.6 Å². The van der Waals surface area contributed by atoms with E-state index in [2.05, 4.69) is 20.4 Å². The van der Waals surface area contributed by atoms with Gasteiger partial charge in [-0.15, -0.1) is 0 Å². The summed E-state index contributed by atoms with van der Waals surface area (Å²) in [5.41, 5.74) is 5.09. The van der Waals surface area contributed by atoms with Gasteiger partial charge in [0.2, 0.25) is 0 Å². The number of amides is 1. The molecule has 0 atom stereocenters. The maximum absolute atomic E-state index is 12.7. The highest BCUT2D eigenvalue weighted by atomic mass is 35.5. The number of likely N-dealkylation sites (N-methyl/N-ethyl adjacent to an activating group) is 1. The Hall–Kier alpha value is -2.87. The normalized spacial score (nSPS) is 10.9. The number of hydrogen-bond acceptors (Lipinski definition) is 6. The van der Waals surface area contributed by atoms with Crippen LogP contribution in [0.15, 0.2) is 54.9 Å². The number of benzene rings is 1. The Morgan fingerprint density at radius 2 is 1.96 bits per heavy atom. The molecule has 0 saturated carbocycles. The molecule has 1 amide bonds. The first kappa shape index (κ1) is 19.9. The molecule has 0 fully saturated rings. The fraction of sp³-hybridized carbons (Fsp3) is 0.200. The Morgan fingerprint density at radius 3 is 2.61 bits per heavy atom. The maximum atomic E-state index is 12.7. The lowest BCUT2D eigenvalue weighted by Gasteiger charge is -2.20. The highest BCUT2D eigenvalue weighted by molar-refractivity contribution is 6.30. The molecule has 2 N–H and O–H groups in total. The summed E-state index contributed by atoms with van der Waals surface area (Å²) in [6.45, 7) is 2.70. The smallest absolute Gasteiger partial charge is 0.284 e. The Bertz CT molecular complexity index is 935. The van der Waals surface area contributed by atoms with E-state index in [1.54, 1.807) is 41.7 Å². The van der Waals surface area contributed by atoms with Crippen molar-refractivity contribution in [2.45, 2.75) is 6.92 Å². The van der Waals surface area contributed by atoms with Crippen LogP contribution in [0, 0.1) is 0 Å². The van der Waals surface area contributed by atoms with Gasteiger partial charge in [0.15, 0.2) is 5.82 Å². The van der Waals surface area contributed by atoms with Crippen LogP contribution in [0.25, 0.3) is 22.6 Å². The summed E-state index contributed by atoms with van der Waals surface area (Å²) in [5, 5.41) is 11.4. The van der Waals surface area contributed by atoms with Crippen molar-refractivity contribution >= 4 is 17.5 Å². The first-order chi connectivity index (χ1) is 13.6. The molecular formula is C20H20ClN5O2. The topological polar surface area (TPSA) is 91.2 Å². The number of hydrogen-bond donors (Lipinski definition) is 2. The number of carbonyl (C=O) groups is 1. The Labute approximate surface area is 168 Å². The molecule has 7 nitrogen and oxygen atoms in total. The van der Waals surface area contributed by atoms with Gasteiger partial charge in [-0.2, -0.15) is 0 Å². The number of pyridine rings is 1. The SMILES string of the molecule is CCN(CCO)NC(=O)c1cc(-c2ccc(Cl)cc2)nc(-c2cccnc2)n1. The molecular weight excluding hydrogens is 378 g/mol. The van der Waals surface area contributed by atoms with Crippen LogP contribution >= 0.6 is 11.6 Å². The molecule has 3 aromatic rings. The summed E-state index contributed by atoms with van der Waals surface area (Å²) < 4.78 is 0. The second-order valence-corrected chi connectivity index (χ2v) is 6.39. The monoisotopic (exact) mass is 397 g/mol. The number of carbonyl (C=O) groups excluding carboxylic acids is 1. The number of aliphatic hydroxyl groups is 1. The molecule has 0 aliphatic rings. The Balaban J connectivity index is 2.02. The number of nitrogens with one attached hydrogen (secondary N) is 1. The van der Waals surface area contributed by atoms with Crippen LogP contribution in [0.1, 0.15) is 17.4 Å². The molecule has 0 bridgehead atoms. The number of rotatable bonds is 7. The second kappa shape index (κ2) is 9.36. The standard InChI is InChI=1S/C20H20ClN5O2/c1-2-26(10-11-27)25-20(28)18-12-17(14-5-7-16(21)8-6-14)23-19(24-18)15-4-3-9-22-13-15/h3-9,12-13,27H,2,10-11H2,1H3,(H,25,28). The molecule has 0 saturated heterocycles. The van der Waals surface area contributed by atoms with Crippen molar-refractivity contribution in [3.8, 4) is 22.6 Å². The molecule has 1 aromatic carbocycles. The fourth-order valence-corrected chi connectivity index (χ4v) is 2.70. The second-order valence-electron chi connectivity index (χ2n) is 5.95. The van der Waals surface area contributed by atoms with Crippen molar-refractivity contribution in [3.63, 3.8) is 0 Å². The van der Waals surface area contributed by atoms with E-state index >= 15 is 0 Å². The zero-order valence-electron chi connectivity index (χ0n) is 15.3. The number of nitrogens with zero attached hydrogens (tertiary/aromatic N) is 4. The van der Waals surface area contributed by atoms with Crippen LogP contribution in [0.2, 0.25) is 5.02 Å². The average molecular weight is 398 g/mol. The molecule has 2 heterocycles. The third kappa shape index (κ3) is 4.89. The van der Waals surface area contributed by atoms with Crippen molar-refractivity contribution in [2.24, 2.45) is 0 Å². The van der Waals surface area contributed by atoms with Crippen LogP contribution in [0.3, 0.4) is 0 Å². The third-order valence-electron chi connectivity index (χ3n) is 4.03. The minimum absolute atomic E-state index is 0.0607. The van der Waals surface area contributed by atoms with E-state index in [1.807, 2.05) is 25.1 Å². The summed E-state index contributed by atoms with van der Waals surface area (Å²) in [7, 11) is 0. The van der Waals surface area contributed by atoms with E-state index in [1.165, 1.54) is 0 Å². The van der Waals surface area contributed by atoms with Gasteiger partial charge >= 0.3 is 0 Å². The first-order valence-corrected chi connectivity index (χ1v) is 9.20. The lowest BCUT2D eigenvalue weighted by Crippen LogP contribution is -2.43. The molecule has 2 aromatic heterocycles. The number of halogens is 1. The van der Waals surface area contributed by atoms with Crippen molar-refractivity contribution in [1.29, 1.82) is 0 Å². The highest BCUT2D eigenvalue weighted by Gasteiger charge is 2.16.